The van der Waals surface area contributed by atoms with Crippen LogP contribution < -0.4 is 0 Å². The van der Waals surface area contributed by atoms with E-state index in [1.807, 2.05) is 6.92 Å². The topological polar surface area (TPSA) is 62.4 Å². The standard InChI is InChI=1S/C12H21N3O2/c1-10(16)7-11-5-3-2-4-6-15(11)8-12-13-9-14-17-12/h9-11,16H,2-8H2,1H3. The van der Waals surface area contributed by atoms with E-state index in [0.29, 0.717) is 18.5 Å². The quantitative estimate of drug-likeness (QED) is 0.864. The first kappa shape index (κ1) is 12.5. The fourth-order valence-corrected chi connectivity index (χ4v) is 2.54. The van der Waals surface area contributed by atoms with E-state index in [-0.39, 0.29) is 6.10 Å². The van der Waals surface area contributed by atoms with Crippen molar-refractivity contribution in [3.8, 4) is 0 Å². The molecular weight excluding hydrogens is 218 g/mol. The molecule has 1 aliphatic rings. The van der Waals surface area contributed by atoms with E-state index < -0.39 is 0 Å². The van der Waals surface area contributed by atoms with Gasteiger partial charge in [0.25, 0.3) is 0 Å². The van der Waals surface area contributed by atoms with Gasteiger partial charge in [0, 0.05) is 6.04 Å². The van der Waals surface area contributed by atoms with Gasteiger partial charge in [0.2, 0.25) is 5.89 Å². The molecule has 5 nitrogen and oxygen atoms in total. The summed E-state index contributed by atoms with van der Waals surface area (Å²) >= 11 is 0. The maximum Gasteiger partial charge on any atom is 0.240 e. The highest BCUT2D eigenvalue weighted by Gasteiger charge is 2.23. The lowest BCUT2D eigenvalue weighted by Crippen LogP contribution is -2.36. The molecule has 1 fully saturated rings. The number of likely N-dealkylation sites (tertiary alicyclic amines) is 1. The van der Waals surface area contributed by atoms with Crippen molar-refractivity contribution in [2.75, 3.05) is 6.54 Å². The van der Waals surface area contributed by atoms with Crippen molar-refractivity contribution < 1.29 is 9.63 Å². The zero-order chi connectivity index (χ0) is 12.1. The highest BCUT2D eigenvalue weighted by molar-refractivity contribution is 4.82. The van der Waals surface area contributed by atoms with Gasteiger partial charge in [0.1, 0.15) is 0 Å². The molecule has 5 heteroatoms. The number of aromatic nitrogens is 2. The second-order valence-corrected chi connectivity index (χ2v) is 4.89. The number of hydrogen-bond donors (Lipinski definition) is 1. The van der Waals surface area contributed by atoms with Crippen molar-refractivity contribution in [2.45, 2.75) is 57.7 Å². The van der Waals surface area contributed by atoms with Crippen molar-refractivity contribution in [1.29, 1.82) is 0 Å². The Hall–Kier alpha value is -0.940. The molecule has 2 unspecified atom stereocenters. The van der Waals surface area contributed by atoms with Crippen LogP contribution in [0.3, 0.4) is 0 Å². The first-order valence-electron chi connectivity index (χ1n) is 6.43. The second kappa shape index (κ2) is 6.12. The van der Waals surface area contributed by atoms with Crippen LogP contribution in [-0.2, 0) is 6.54 Å². The molecule has 2 rings (SSSR count). The molecule has 0 bridgehead atoms. The lowest BCUT2D eigenvalue weighted by atomic mass is 10.0. The average Bonchev–Trinajstić information content (AvgIpc) is 2.69. The van der Waals surface area contributed by atoms with Crippen molar-refractivity contribution >= 4 is 0 Å². The molecule has 0 amide bonds. The predicted octanol–water partition coefficient (Wildman–Crippen LogP) is 1.59. The Bertz CT molecular complexity index is 314. The Morgan fingerprint density at radius 3 is 3.12 bits per heavy atom. The van der Waals surface area contributed by atoms with Gasteiger partial charge in [-0.05, 0) is 32.7 Å². The Kier molecular flexibility index (Phi) is 4.50. The zero-order valence-electron chi connectivity index (χ0n) is 10.4. The monoisotopic (exact) mass is 239 g/mol. The lowest BCUT2D eigenvalue weighted by molar-refractivity contribution is 0.100. The van der Waals surface area contributed by atoms with Crippen LogP contribution in [0.1, 0.15) is 44.9 Å². The largest absolute Gasteiger partial charge is 0.393 e. The molecule has 0 aliphatic carbocycles. The first-order chi connectivity index (χ1) is 8.25. The molecule has 1 aromatic heterocycles. The van der Waals surface area contributed by atoms with Crippen molar-refractivity contribution in [2.24, 2.45) is 0 Å². The highest BCUT2D eigenvalue weighted by Crippen LogP contribution is 2.22. The van der Waals surface area contributed by atoms with Gasteiger partial charge in [-0.25, -0.2) is 0 Å². The molecule has 1 saturated heterocycles. The van der Waals surface area contributed by atoms with Crippen LogP contribution in [-0.4, -0.2) is 38.8 Å². The van der Waals surface area contributed by atoms with Gasteiger partial charge in [-0.3, -0.25) is 4.90 Å². The van der Waals surface area contributed by atoms with Gasteiger partial charge in [0.15, 0.2) is 6.33 Å². The molecule has 0 spiro atoms. The van der Waals surface area contributed by atoms with Crippen LogP contribution in [0.2, 0.25) is 0 Å². The normalized spacial score (nSPS) is 24.5. The Morgan fingerprint density at radius 1 is 1.53 bits per heavy atom. The average molecular weight is 239 g/mol. The minimum atomic E-state index is -0.247. The summed E-state index contributed by atoms with van der Waals surface area (Å²) in [6.45, 7) is 3.62. The fraction of sp³-hybridized carbons (Fsp3) is 0.833. The van der Waals surface area contributed by atoms with Gasteiger partial charge >= 0.3 is 0 Å². The minimum Gasteiger partial charge on any atom is -0.393 e. The van der Waals surface area contributed by atoms with E-state index in [4.69, 9.17) is 4.52 Å². The van der Waals surface area contributed by atoms with Gasteiger partial charge in [-0.2, -0.15) is 4.98 Å². The molecule has 1 aromatic rings. The highest BCUT2D eigenvalue weighted by atomic mass is 16.5. The number of aliphatic hydroxyl groups is 1. The van der Waals surface area contributed by atoms with Crippen LogP contribution in [0.4, 0.5) is 0 Å². The van der Waals surface area contributed by atoms with Gasteiger partial charge < -0.3 is 9.63 Å². The summed E-state index contributed by atoms with van der Waals surface area (Å²) in [4.78, 5) is 6.44. The van der Waals surface area contributed by atoms with E-state index >= 15 is 0 Å². The molecular formula is C12H21N3O2. The molecule has 0 radical (unpaired) electrons. The number of nitrogens with zero attached hydrogens (tertiary/aromatic N) is 3. The number of hydrogen-bond acceptors (Lipinski definition) is 5. The Morgan fingerprint density at radius 2 is 2.41 bits per heavy atom. The molecule has 1 N–H and O–H groups in total. The first-order valence-corrected chi connectivity index (χ1v) is 6.43. The molecule has 2 atom stereocenters. The minimum absolute atomic E-state index is 0.247. The number of aliphatic hydroxyl groups excluding tert-OH is 1. The number of rotatable bonds is 4. The summed E-state index contributed by atoms with van der Waals surface area (Å²) in [5, 5.41) is 13.2. The summed E-state index contributed by atoms with van der Waals surface area (Å²) in [6, 6.07) is 0.435. The summed E-state index contributed by atoms with van der Waals surface area (Å²) in [7, 11) is 0. The van der Waals surface area contributed by atoms with Crippen LogP contribution in [0.25, 0.3) is 0 Å². The lowest BCUT2D eigenvalue weighted by Gasteiger charge is -2.29. The smallest absolute Gasteiger partial charge is 0.240 e. The van der Waals surface area contributed by atoms with Crippen LogP contribution in [0.15, 0.2) is 10.9 Å². The van der Waals surface area contributed by atoms with Crippen molar-refractivity contribution in [3.05, 3.63) is 12.2 Å². The van der Waals surface area contributed by atoms with E-state index in [2.05, 4.69) is 15.0 Å². The van der Waals surface area contributed by atoms with E-state index in [0.717, 1.165) is 19.4 Å². The predicted molar refractivity (Wildman–Crippen MR) is 63.3 cm³/mol. The molecule has 96 valence electrons. The maximum absolute atomic E-state index is 9.56. The van der Waals surface area contributed by atoms with Crippen LogP contribution >= 0.6 is 0 Å². The summed E-state index contributed by atoms with van der Waals surface area (Å²) in [6.07, 6.45) is 6.91. The Labute approximate surface area is 102 Å². The third-order valence-corrected chi connectivity index (χ3v) is 3.36. The van der Waals surface area contributed by atoms with Gasteiger partial charge in [-0.15, -0.1) is 0 Å². The SMILES string of the molecule is CC(O)CC1CCCCCN1Cc1ncno1. The van der Waals surface area contributed by atoms with Gasteiger partial charge in [-0.1, -0.05) is 18.0 Å². The molecule has 0 saturated carbocycles. The van der Waals surface area contributed by atoms with Gasteiger partial charge in [0.05, 0.1) is 12.6 Å². The molecule has 1 aliphatic heterocycles. The maximum atomic E-state index is 9.56. The summed E-state index contributed by atoms with van der Waals surface area (Å²) < 4.78 is 5.07. The van der Waals surface area contributed by atoms with E-state index in [1.165, 1.54) is 25.6 Å². The molecule has 2 heterocycles. The third-order valence-electron chi connectivity index (χ3n) is 3.36. The van der Waals surface area contributed by atoms with Crippen LogP contribution in [0.5, 0.6) is 0 Å². The second-order valence-electron chi connectivity index (χ2n) is 4.89. The van der Waals surface area contributed by atoms with Crippen molar-refractivity contribution in [1.82, 2.24) is 15.0 Å². The Balaban J connectivity index is 1.98. The fourth-order valence-electron chi connectivity index (χ4n) is 2.54. The van der Waals surface area contributed by atoms with Crippen LogP contribution in [0, 0.1) is 0 Å². The zero-order valence-corrected chi connectivity index (χ0v) is 10.4. The third kappa shape index (κ3) is 3.78. The summed E-state index contributed by atoms with van der Waals surface area (Å²) in [5.74, 6) is 0.669. The molecule has 17 heavy (non-hydrogen) atoms. The molecule has 0 aromatic carbocycles. The summed E-state index contributed by atoms with van der Waals surface area (Å²) in [5.41, 5.74) is 0. The van der Waals surface area contributed by atoms with E-state index in [1.54, 1.807) is 0 Å². The van der Waals surface area contributed by atoms with E-state index in [9.17, 15) is 5.11 Å². The van der Waals surface area contributed by atoms with Crippen molar-refractivity contribution in [3.63, 3.8) is 0 Å².